The summed E-state index contributed by atoms with van der Waals surface area (Å²) in [5, 5.41) is 8.14. The normalized spacial score (nSPS) is 14.5. The highest BCUT2D eigenvalue weighted by Gasteiger charge is 2.19. The van der Waals surface area contributed by atoms with Crippen LogP contribution in [-0.2, 0) is 4.79 Å². The monoisotopic (exact) mass is 353 g/mol. The van der Waals surface area contributed by atoms with Gasteiger partial charge in [0.15, 0.2) is 11.4 Å². The summed E-state index contributed by atoms with van der Waals surface area (Å²) in [5.41, 5.74) is 3.60. The van der Waals surface area contributed by atoms with Gasteiger partial charge >= 0.3 is 0 Å². The van der Waals surface area contributed by atoms with Gasteiger partial charge in [-0.25, -0.2) is 4.98 Å². The SMILES string of the molecule is Cc1nc2cc(-c3ccco3)nn2c(NCCCN2CCCC2=O)c1C. The van der Waals surface area contributed by atoms with Crippen LogP contribution in [0, 0.1) is 13.8 Å². The van der Waals surface area contributed by atoms with Gasteiger partial charge in [-0.3, -0.25) is 4.79 Å². The number of carbonyl (C=O) groups excluding carboxylic acids is 1. The van der Waals surface area contributed by atoms with Crippen molar-refractivity contribution in [2.75, 3.05) is 25.0 Å². The zero-order chi connectivity index (χ0) is 18.1. The Morgan fingerprint density at radius 2 is 2.23 bits per heavy atom. The third kappa shape index (κ3) is 3.05. The molecule has 1 amide bonds. The Balaban J connectivity index is 1.53. The third-order valence-electron chi connectivity index (χ3n) is 4.92. The van der Waals surface area contributed by atoms with Crippen molar-refractivity contribution < 1.29 is 9.21 Å². The standard InChI is InChI=1S/C19H23N5O2/c1-13-14(2)21-17-12-15(16-6-4-11-26-16)22-24(17)19(13)20-8-5-10-23-9-3-7-18(23)25/h4,6,11-12,20H,3,5,7-10H2,1-2H3. The molecule has 0 unspecified atom stereocenters. The number of nitrogens with one attached hydrogen (secondary N) is 1. The van der Waals surface area contributed by atoms with Gasteiger partial charge in [-0.15, -0.1) is 0 Å². The van der Waals surface area contributed by atoms with E-state index >= 15 is 0 Å². The van der Waals surface area contributed by atoms with Crippen LogP contribution in [0.3, 0.4) is 0 Å². The van der Waals surface area contributed by atoms with Gasteiger partial charge in [-0.2, -0.15) is 9.61 Å². The summed E-state index contributed by atoms with van der Waals surface area (Å²) in [7, 11) is 0. The van der Waals surface area contributed by atoms with E-state index in [1.165, 1.54) is 0 Å². The number of amides is 1. The Bertz CT molecular complexity index is 929. The number of aromatic nitrogens is 3. The number of hydrogen-bond acceptors (Lipinski definition) is 5. The second-order valence-electron chi connectivity index (χ2n) is 6.71. The first kappa shape index (κ1) is 16.6. The molecular weight excluding hydrogens is 330 g/mol. The molecule has 0 saturated carbocycles. The van der Waals surface area contributed by atoms with E-state index in [1.54, 1.807) is 6.26 Å². The van der Waals surface area contributed by atoms with E-state index in [0.29, 0.717) is 6.42 Å². The van der Waals surface area contributed by atoms with Crippen LogP contribution in [0.25, 0.3) is 17.1 Å². The van der Waals surface area contributed by atoms with Crippen LogP contribution in [0.2, 0.25) is 0 Å². The second-order valence-corrected chi connectivity index (χ2v) is 6.71. The first-order valence-electron chi connectivity index (χ1n) is 9.06. The summed E-state index contributed by atoms with van der Waals surface area (Å²) in [5.74, 6) is 1.95. The van der Waals surface area contributed by atoms with Gasteiger partial charge in [0, 0.05) is 43.4 Å². The van der Waals surface area contributed by atoms with E-state index in [1.807, 2.05) is 41.5 Å². The smallest absolute Gasteiger partial charge is 0.222 e. The topological polar surface area (TPSA) is 75.7 Å². The predicted molar refractivity (Wildman–Crippen MR) is 99.1 cm³/mol. The molecule has 0 aliphatic carbocycles. The quantitative estimate of drug-likeness (QED) is 0.690. The minimum absolute atomic E-state index is 0.276. The summed E-state index contributed by atoms with van der Waals surface area (Å²) in [6.45, 7) is 6.52. The number of furan rings is 1. The third-order valence-corrected chi connectivity index (χ3v) is 4.92. The Kier molecular flexibility index (Phi) is 4.36. The lowest BCUT2D eigenvalue weighted by atomic mass is 10.2. The maximum absolute atomic E-state index is 11.7. The van der Waals surface area contributed by atoms with Gasteiger partial charge in [-0.1, -0.05) is 0 Å². The number of aryl methyl sites for hydroxylation is 1. The zero-order valence-corrected chi connectivity index (χ0v) is 15.2. The average molecular weight is 353 g/mol. The molecule has 136 valence electrons. The van der Waals surface area contributed by atoms with Crippen molar-refractivity contribution in [3.63, 3.8) is 0 Å². The lowest BCUT2D eigenvalue weighted by Crippen LogP contribution is -2.27. The van der Waals surface area contributed by atoms with Gasteiger partial charge in [-0.05, 0) is 38.8 Å². The number of rotatable bonds is 6. The van der Waals surface area contributed by atoms with Crippen molar-refractivity contribution in [3.8, 4) is 11.5 Å². The van der Waals surface area contributed by atoms with E-state index < -0.39 is 0 Å². The molecule has 0 atom stereocenters. The van der Waals surface area contributed by atoms with Crippen LogP contribution >= 0.6 is 0 Å². The van der Waals surface area contributed by atoms with Crippen LogP contribution in [0.5, 0.6) is 0 Å². The van der Waals surface area contributed by atoms with Gasteiger partial charge in [0.25, 0.3) is 0 Å². The highest BCUT2D eigenvalue weighted by atomic mass is 16.3. The van der Waals surface area contributed by atoms with Crippen LogP contribution in [0.15, 0.2) is 28.9 Å². The van der Waals surface area contributed by atoms with Crippen LogP contribution in [0.1, 0.15) is 30.5 Å². The summed E-state index contributed by atoms with van der Waals surface area (Å²) in [6, 6.07) is 5.67. The molecule has 7 heteroatoms. The molecule has 3 aromatic heterocycles. The largest absolute Gasteiger partial charge is 0.463 e. The average Bonchev–Trinajstić information content (AvgIpc) is 3.35. The van der Waals surface area contributed by atoms with Crippen molar-refractivity contribution >= 4 is 17.4 Å². The fourth-order valence-electron chi connectivity index (χ4n) is 3.37. The molecule has 0 radical (unpaired) electrons. The van der Waals surface area contributed by atoms with Crippen molar-refractivity contribution in [3.05, 3.63) is 35.7 Å². The van der Waals surface area contributed by atoms with Gasteiger partial charge in [0.05, 0.1) is 6.26 Å². The number of anilines is 1. The molecule has 0 aromatic carbocycles. The van der Waals surface area contributed by atoms with Crippen molar-refractivity contribution in [2.24, 2.45) is 0 Å². The van der Waals surface area contributed by atoms with Crippen LogP contribution in [-0.4, -0.2) is 45.0 Å². The molecule has 4 heterocycles. The molecule has 1 aliphatic rings. The molecule has 0 spiro atoms. The number of carbonyl (C=O) groups is 1. The van der Waals surface area contributed by atoms with E-state index in [2.05, 4.69) is 15.4 Å². The lowest BCUT2D eigenvalue weighted by Gasteiger charge is -2.17. The molecule has 0 bridgehead atoms. The van der Waals surface area contributed by atoms with Gasteiger partial charge in [0.2, 0.25) is 5.91 Å². The Hall–Kier alpha value is -2.83. The molecule has 26 heavy (non-hydrogen) atoms. The first-order valence-corrected chi connectivity index (χ1v) is 9.06. The highest BCUT2D eigenvalue weighted by Crippen LogP contribution is 2.24. The molecule has 4 rings (SSSR count). The Morgan fingerprint density at radius 1 is 1.35 bits per heavy atom. The van der Waals surface area contributed by atoms with E-state index in [0.717, 1.165) is 66.7 Å². The minimum atomic E-state index is 0.276. The van der Waals surface area contributed by atoms with Crippen molar-refractivity contribution in [2.45, 2.75) is 33.1 Å². The highest BCUT2D eigenvalue weighted by molar-refractivity contribution is 5.78. The molecule has 3 aromatic rings. The zero-order valence-electron chi connectivity index (χ0n) is 15.2. The van der Waals surface area contributed by atoms with Gasteiger partial charge < -0.3 is 14.6 Å². The first-order chi connectivity index (χ1) is 12.6. The Labute approximate surface area is 152 Å². The molecular formula is C19H23N5O2. The summed E-state index contributed by atoms with van der Waals surface area (Å²) >= 11 is 0. The maximum atomic E-state index is 11.7. The number of hydrogen-bond donors (Lipinski definition) is 1. The van der Waals surface area contributed by atoms with Crippen LogP contribution in [0.4, 0.5) is 5.82 Å². The number of nitrogens with zero attached hydrogens (tertiary/aromatic N) is 4. The summed E-state index contributed by atoms with van der Waals surface area (Å²) < 4.78 is 7.29. The molecule has 1 fully saturated rings. The second kappa shape index (κ2) is 6.82. The predicted octanol–water partition coefficient (Wildman–Crippen LogP) is 3.03. The van der Waals surface area contributed by atoms with Crippen LogP contribution < -0.4 is 5.32 Å². The number of fused-ring (bicyclic) bond motifs is 1. The number of likely N-dealkylation sites (tertiary alicyclic amines) is 1. The molecule has 1 aliphatic heterocycles. The molecule has 7 nitrogen and oxygen atoms in total. The molecule has 1 saturated heterocycles. The van der Waals surface area contributed by atoms with Gasteiger partial charge in [0.1, 0.15) is 11.5 Å². The Morgan fingerprint density at radius 3 is 2.96 bits per heavy atom. The van der Waals surface area contributed by atoms with E-state index in [4.69, 9.17) is 4.42 Å². The van der Waals surface area contributed by atoms with E-state index in [9.17, 15) is 4.79 Å². The lowest BCUT2D eigenvalue weighted by molar-refractivity contribution is -0.127. The van der Waals surface area contributed by atoms with Crippen molar-refractivity contribution in [1.29, 1.82) is 0 Å². The molecule has 1 N–H and O–H groups in total. The fourth-order valence-corrected chi connectivity index (χ4v) is 3.37. The summed E-state index contributed by atoms with van der Waals surface area (Å²) in [4.78, 5) is 18.3. The fraction of sp³-hybridized carbons (Fsp3) is 0.421. The van der Waals surface area contributed by atoms with E-state index in [-0.39, 0.29) is 5.91 Å². The summed E-state index contributed by atoms with van der Waals surface area (Å²) in [6.07, 6.45) is 4.22. The maximum Gasteiger partial charge on any atom is 0.222 e. The van der Waals surface area contributed by atoms with Crippen molar-refractivity contribution in [1.82, 2.24) is 19.5 Å². The minimum Gasteiger partial charge on any atom is -0.463 e.